The number of fused-ring (bicyclic) bond motifs is 5. The van der Waals surface area contributed by atoms with Gasteiger partial charge in [0.1, 0.15) is 11.4 Å². The van der Waals surface area contributed by atoms with Gasteiger partial charge in [0, 0.05) is 29.6 Å². The van der Waals surface area contributed by atoms with Crippen LogP contribution in [0.25, 0.3) is 0 Å². The fourth-order valence-electron chi connectivity index (χ4n) is 7.08. The summed E-state index contributed by atoms with van der Waals surface area (Å²) in [7, 11) is 0. The molecule has 3 fully saturated rings. The standard InChI is InChI=1S/C25H33NO6.ClH/c1-23-9-7-16(27)12-15(23)5-6-17-18-8-10-25(31,24(18,2)13-19(28)22(17)23)20(29)14-32-21(30)4-3-11-26;/h7,9,12,17-18,22,31H,3-6,8,10-11,13-14,26H2,1-2H3;1H/t17-,18-,22+,23-,24-,25-;/m0./s1. The molecule has 3 saturated carbocycles. The number of ketones is 3. The van der Waals surface area contributed by atoms with Crippen LogP contribution in [-0.4, -0.2) is 47.2 Å². The van der Waals surface area contributed by atoms with E-state index >= 15 is 0 Å². The van der Waals surface area contributed by atoms with Crippen molar-refractivity contribution in [1.82, 2.24) is 0 Å². The van der Waals surface area contributed by atoms with Gasteiger partial charge in [0.2, 0.25) is 5.78 Å². The summed E-state index contributed by atoms with van der Waals surface area (Å²) in [5.41, 5.74) is 3.34. The highest BCUT2D eigenvalue weighted by atomic mass is 35.5. The minimum atomic E-state index is -1.69. The van der Waals surface area contributed by atoms with Crippen molar-refractivity contribution in [2.45, 2.75) is 64.4 Å². The third-order valence-electron chi connectivity index (χ3n) is 8.82. The van der Waals surface area contributed by atoms with Crippen molar-refractivity contribution in [3.63, 3.8) is 0 Å². The van der Waals surface area contributed by atoms with Gasteiger partial charge in [-0.1, -0.05) is 25.5 Å². The summed E-state index contributed by atoms with van der Waals surface area (Å²) < 4.78 is 5.10. The van der Waals surface area contributed by atoms with E-state index in [2.05, 4.69) is 0 Å². The molecule has 4 rings (SSSR count). The Bertz CT molecular complexity index is 928. The zero-order chi connectivity index (χ0) is 23.3. The molecule has 4 aliphatic carbocycles. The Labute approximate surface area is 200 Å². The number of ether oxygens (including phenoxy) is 1. The van der Waals surface area contributed by atoms with Crippen molar-refractivity contribution in [2.75, 3.05) is 13.2 Å². The number of carbonyl (C=O) groups excluding carboxylic acids is 4. The molecule has 0 aromatic carbocycles. The molecular formula is C25H34ClNO6. The SMILES string of the molecule is C[C@]12C=CC(=O)C=C1CC[C@@H]1[C@@H]2C(=O)C[C@@]2(C)[C@H]1CC[C@]2(O)C(=O)COC(=O)CCCN.Cl. The second kappa shape index (κ2) is 9.08. The maximum absolute atomic E-state index is 13.5. The molecule has 6 atom stereocenters. The Morgan fingerprint density at radius 3 is 2.67 bits per heavy atom. The van der Waals surface area contributed by atoms with Crippen LogP contribution in [0.4, 0.5) is 0 Å². The highest BCUT2D eigenvalue weighted by Gasteiger charge is 2.68. The predicted molar refractivity (Wildman–Crippen MR) is 123 cm³/mol. The molecule has 33 heavy (non-hydrogen) atoms. The van der Waals surface area contributed by atoms with Crippen LogP contribution in [0, 0.1) is 28.6 Å². The Morgan fingerprint density at radius 2 is 1.97 bits per heavy atom. The Kier molecular flexibility index (Phi) is 7.10. The maximum atomic E-state index is 13.5. The van der Waals surface area contributed by atoms with Crippen LogP contribution in [0.15, 0.2) is 23.8 Å². The molecule has 0 heterocycles. The summed E-state index contributed by atoms with van der Waals surface area (Å²) in [4.78, 5) is 50.3. The third-order valence-corrected chi connectivity index (χ3v) is 8.82. The molecule has 182 valence electrons. The van der Waals surface area contributed by atoms with Gasteiger partial charge in [-0.05, 0) is 62.6 Å². The van der Waals surface area contributed by atoms with Crippen molar-refractivity contribution < 1.29 is 29.0 Å². The lowest BCUT2D eigenvalue weighted by Gasteiger charge is -2.56. The van der Waals surface area contributed by atoms with Gasteiger partial charge in [-0.15, -0.1) is 12.4 Å². The summed E-state index contributed by atoms with van der Waals surface area (Å²) in [5, 5.41) is 11.6. The number of allylic oxidation sites excluding steroid dienone is 4. The lowest BCUT2D eigenvalue weighted by atomic mass is 9.46. The van der Waals surface area contributed by atoms with Gasteiger partial charge < -0.3 is 15.6 Å². The first kappa shape index (κ1) is 25.8. The monoisotopic (exact) mass is 479 g/mol. The van der Waals surface area contributed by atoms with Gasteiger partial charge in [0.15, 0.2) is 12.4 Å². The fraction of sp³-hybridized carbons (Fsp3) is 0.680. The molecular weight excluding hydrogens is 446 g/mol. The number of aliphatic hydroxyl groups is 1. The first-order chi connectivity index (χ1) is 15.1. The molecule has 0 unspecified atom stereocenters. The third kappa shape index (κ3) is 3.92. The van der Waals surface area contributed by atoms with Gasteiger partial charge in [-0.25, -0.2) is 0 Å². The second-order valence-corrected chi connectivity index (χ2v) is 10.4. The van der Waals surface area contributed by atoms with Crippen molar-refractivity contribution in [1.29, 1.82) is 0 Å². The average molecular weight is 480 g/mol. The molecule has 0 radical (unpaired) electrons. The molecule has 0 amide bonds. The fourth-order valence-corrected chi connectivity index (χ4v) is 7.08. The molecule has 0 aliphatic heterocycles. The quantitative estimate of drug-likeness (QED) is 0.561. The number of Topliss-reactive ketones (excluding diaryl/α,β-unsaturated/α-hetero) is 2. The lowest BCUT2D eigenvalue weighted by molar-refractivity contribution is -0.172. The molecule has 0 bridgehead atoms. The van der Waals surface area contributed by atoms with Gasteiger partial charge >= 0.3 is 5.97 Å². The molecule has 0 saturated heterocycles. The highest BCUT2D eigenvalue weighted by molar-refractivity contribution is 6.02. The van der Waals surface area contributed by atoms with E-state index in [1.807, 2.05) is 19.9 Å². The highest BCUT2D eigenvalue weighted by Crippen LogP contribution is 2.66. The summed E-state index contributed by atoms with van der Waals surface area (Å²) >= 11 is 0. The zero-order valence-electron chi connectivity index (χ0n) is 19.3. The number of hydrogen-bond acceptors (Lipinski definition) is 7. The van der Waals surface area contributed by atoms with E-state index < -0.39 is 34.8 Å². The minimum absolute atomic E-state index is 0. The number of halogens is 1. The summed E-state index contributed by atoms with van der Waals surface area (Å²) in [6, 6.07) is 0. The smallest absolute Gasteiger partial charge is 0.306 e. The number of hydrogen-bond donors (Lipinski definition) is 2. The Hall–Kier alpha value is -1.83. The molecule has 0 spiro atoms. The van der Waals surface area contributed by atoms with Crippen LogP contribution >= 0.6 is 12.4 Å². The van der Waals surface area contributed by atoms with Crippen LogP contribution in [0.5, 0.6) is 0 Å². The molecule has 4 aliphatic rings. The van der Waals surface area contributed by atoms with E-state index in [1.165, 1.54) is 0 Å². The van der Waals surface area contributed by atoms with Crippen molar-refractivity contribution in [3.05, 3.63) is 23.8 Å². The summed E-state index contributed by atoms with van der Waals surface area (Å²) in [6.07, 6.45) is 8.23. The van der Waals surface area contributed by atoms with E-state index in [1.54, 1.807) is 12.2 Å². The zero-order valence-corrected chi connectivity index (χ0v) is 20.1. The maximum Gasteiger partial charge on any atom is 0.306 e. The molecule has 0 aromatic heterocycles. The van der Waals surface area contributed by atoms with E-state index in [0.29, 0.717) is 19.4 Å². The molecule has 0 aromatic rings. The largest absolute Gasteiger partial charge is 0.458 e. The first-order valence-electron chi connectivity index (χ1n) is 11.6. The van der Waals surface area contributed by atoms with E-state index in [-0.39, 0.29) is 61.0 Å². The van der Waals surface area contributed by atoms with Gasteiger partial charge in [-0.3, -0.25) is 19.2 Å². The van der Waals surface area contributed by atoms with E-state index in [4.69, 9.17) is 10.5 Å². The first-order valence-corrected chi connectivity index (χ1v) is 11.6. The number of carbonyl (C=O) groups is 4. The van der Waals surface area contributed by atoms with Crippen LogP contribution in [0.3, 0.4) is 0 Å². The second-order valence-electron chi connectivity index (χ2n) is 10.4. The van der Waals surface area contributed by atoms with E-state index in [0.717, 1.165) is 18.4 Å². The van der Waals surface area contributed by atoms with E-state index in [9.17, 15) is 24.3 Å². The molecule has 7 nitrogen and oxygen atoms in total. The summed E-state index contributed by atoms with van der Waals surface area (Å²) in [5.74, 6) is -1.24. The van der Waals surface area contributed by atoms with Gasteiger partial charge in [0.05, 0.1) is 0 Å². The van der Waals surface area contributed by atoms with Gasteiger partial charge in [0.25, 0.3) is 0 Å². The van der Waals surface area contributed by atoms with Crippen LogP contribution in [-0.2, 0) is 23.9 Å². The summed E-state index contributed by atoms with van der Waals surface area (Å²) in [6.45, 7) is 3.75. The van der Waals surface area contributed by atoms with Crippen LogP contribution < -0.4 is 5.73 Å². The van der Waals surface area contributed by atoms with Crippen LogP contribution in [0.2, 0.25) is 0 Å². The van der Waals surface area contributed by atoms with Crippen molar-refractivity contribution in [2.24, 2.45) is 34.3 Å². The number of rotatable bonds is 6. The normalized spacial score (nSPS) is 39.0. The lowest BCUT2D eigenvalue weighted by Crippen LogP contribution is -2.60. The van der Waals surface area contributed by atoms with Crippen molar-refractivity contribution >= 4 is 35.7 Å². The van der Waals surface area contributed by atoms with Gasteiger partial charge in [-0.2, -0.15) is 0 Å². The molecule has 8 heteroatoms. The van der Waals surface area contributed by atoms with Crippen molar-refractivity contribution in [3.8, 4) is 0 Å². The Balaban J connectivity index is 0.00000306. The number of esters is 1. The minimum Gasteiger partial charge on any atom is -0.458 e. The Morgan fingerprint density at radius 1 is 1.24 bits per heavy atom. The predicted octanol–water partition coefficient (Wildman–Crippen LogP) is 2.48. The topological polar surface area (TPSA) is 124 Å². The molecule has 3 N–H and O–H groups in total. The average Bonchev–Trinajstić information content (AvgIpc) is 3.02. The van der Waals surface area contributed by atoms with Crippen LogP contribution in [0.1, 0.15) is 58.8 Å². The number of nitrogens with two attached hydrogens (primary N) is 1.